The number of halogens is 1. The lowest BCUT2D eigenvalue weighted by Crippen LogP contribution is -2.30. The van der Waals surface area contributed by atoms with Gasteiger partial charge in [0.25, 0.3) is 5.91 Å². The molecule has 2 N–H and O–H groups in total. The summed E-state index contributed by atoms with van der Waals surface area (Å²) in [4.78, 5) is 13.8. The van der Waals surface area contributed by atoms with Gasteiger partial charge < -0.3 is 15.1 Å². The first-order valence-corrected chi connectivity index (χ1v) is 5.93. The number of carbonyl (C=O) groups is 1. The molecule has 0 fully saturated rings. The van der Waals surface area contributed by atoms with E-state index in [1.165, 1.54) is 6.07 Å². The molecule has 0 aliphatic carbocycles. The third-order valence-electron chi connectivity index (χ3n) is 2.57. The molecule has 0 saturated carbocycles. The van der Waals surface area contributed by atoms with E-state index in [0.717, 1.165) is 0 Å². The van der Waals surface area contributed by atoms with Crippen molar-refractivity contribution in [2.75, 3.05) is 17.2 Å². The molecular weight excluding hydrogens is 252 g/mol. The minimum atomic E-state index is -0.262. The third kappa shape index (κ3) is 2.33. The van der Waals surface area contributed by atoms with Crippen LogP contribution in [0.2, 0.25) is 5.22 Å². The lowest BCUT2D eigenvalue weighted by Gasteiger charge is -2.21. The van der Waals surface area contributed by atoms with E-state index in [1.807, 2.05) is 19.1 Å². The molecule has 0 aliphatic heterocycles. The van der Waals surface area contributed by atoms with Crippen LogP contribution >= 0.6 is 11.6 Å². The Morgan fingerprint density at radius 1 is 1.33 bits per heavy atom. The molecule has 0 bridgehead atoms. The number of nitrogens with two attached hydrogens (primary N) is 1. The smallest absolute Gasteiger partial charge is 0.294 e. The maximum Gasteiger partial charge on any atom is 0.294 e. The van der Waals surface area contributed by atoms with Crippen molar-refractivity contribution in [2.24, 2.45) is 0 Å². The van der Waals surface area contributed by atoms with Gasteiger partial charge in [-0.15, -0.1) is 0 Å². The topological polar surface area (TPSA) is 59.5 Å². The van der Waals surface area contributed by atoms with E-state index >= 15 is 0 Å². The Kier molecular flexibility index (Phi) is 3.58. The van der Waals surface area contributed by atoms with E-state index < -0.39 is 0 Å². The van der Waals surface area contributed by atoms with Gasteiger partial charge in [0.05, 0.1) is 11.4 Å². The van der Waals surface area contributed by atoms with Crippen molar-refractivity contribution >= 4 is 28.9 Å². The fourth-order valence-corrected chi connectivity index (χ4v) is 1.87. The van der Waals surface area contributed by atoms with E-state index in [-0.39, 0.29) is 16.9 Å². The quantitative estimate of drug-likeness (QED) is 0.866. The Morgan fingerprint density at radius 2 is 2.06 bits per heavy atom. The highest BCUT2D eigenvalue weighted by atomic mass is 35.5. The minimum absolute atomic E-state index is 0.190. The highest BCUT2D eigenvalue weighted by Crippen LogP contribution is 2.25. The highest BCUT2D eigenvalue weighted by molar-refractivity contribution is 6.29. The molecule has 18 heavy (non-hydrogen) atoms. The molecule has 1 aromatic carbocycles. The average molecular weight is 265 g/mol. The second-order valence-corrected chi connectivity index (χ2v) is 4.08. The summed E-state index contributed by atoms with van der Waals surface area (Å²) in [7, 11) is 0. The Morgan fingerprint density at radius 3 is 2.61 bits per heavy atom. The summed E-state index contributed by atoms with van der Waals surface area (Å²) in [6, 6.07) is 10.3. The normalized spacial score (nSPS) is 10.3. The van der Waals surface area contributed by atoms with Crippen molar-refractivity contribution in [3.63, 3.8) is 0 Å². The standard InChI is InChI=1S/C13H13ClN2O2/c1-2-16(10-6-4-3-5-9(10)15)13(17)11-7-8-12(14)18-11/h3-8H,2,15H2,1H3. The lowest BCUT2D eigenvalue weighted by atomic mass is 10.2. The number of anilines is 2. The van der Waals surface area contributed by atoms with Crippen molar-refractivity contribution in [1.29, 1.82) is 0 Å². The summed E-state index contributed by atoms with van der Waals surface area (Å²) in [5, 5.41) is 0.190. The van der Waals surface area contributed by atoms with Gasteiger partial charge in [0.1, 0.15) is 0 Å². The van der Waals surface area contributed by atoms with Crippen LogP contribution in [0, 0.1) is 0 Å². The number of carbonyl (C=O) groups excluding carboxylic acids is 1. The SMILES string of the molecule is CCN(C(=O)c1ccc(Cl)o1)c1ccccc1N. The Hall–Kier alpha value is -1.94. The number of benzene rings is 1. The zero-order valence-corrected chi connectivity index (χ0v) is 10.6. The average Bonchev–Trinajstić information content (AvgIpc) is 2.79. The fraction of sp³-hybridized carbons (Fsp3) is 0.154. The van der Waals surface area contributed by atoms with Crippen molar-refractivity contribution in [1.82, 2.24) is 0 Å². The molecule has 2 aromatic rings. The fourth-order valence-electron chi connectivity index (χ4n) is 1.72. The third-order valence-corrected chi connectivity index (χ3v) is 2.78. The van der Waals surface area contributed by atoms with E-state index in [2.05, 4.69) is 0 Å². The lowest BCUT2D eigenvalue weighted by molar-refractivity contribution is 0.0962. The van der Waals surface area contributed by atoms with Crippen LogP contribution in [-0.2, 0) is 0 Å². The second kappa shape index (κ2) is 5.14. The van der Waals surface area contributed by atoms with Crippen LogP contribution in [-0.4, -0.2) is 12.5 Å². The van der Waals surface area contributed by atoms with Gasteiger partial charge >= 0.3 is 0 Å². The van der Waals surface area contributed by atoms with Crippen LogP contribution in [0.3, 0.4) is 0 Å². The second-order valence-electron chi connectivity index (χ2n) is 3.71. The number of rotatable bonds is 3. The monoisotopic (exact) mass is 264 g/mol. The molecule has 1 aromatic heterocycles. The molecule has 0 saturated heterocycles. The predicted octanol–water partition coefficient (Wildman–Crippen LogP) is 3.18. The van der Waals surface area contributed by atoms with E-state index in [1.54, 1.807) is 23.1 Å². The summed E-state index contributed by atoms with van der Waals surface area (Å²) in [5.74, 6) is -0.0626. The van der Waals surface area contributed by atoms with E-state index in [9.17, 15) is 4.79 Å². The first-order chi connectivity index (χ1) is 8.63. The van der Waals surface area contributed by atoms with Gasteiger partial charge in [0, 0.05) is 6.54 Å². The maximum absolute atomic E-state index is 12.3. The molecule has 0 aliphatic rings. The van der Waals surface area contributed by atoms with Crippen LogP contribution in [0.25, 0.3) is 0 Å². The number of nitrogen functional groups attached to an aromatic ring is 1. The van der Waals surface area contributed by atoms with Crippen molar-refractivity contribution < 1.29 is 9.21 Å². The zero-order chi connectivity index (χ0) is 13.1. The summed E-state index contributed by atoms with van der Waals surface area (Å²) >= 11 is 5.67. The molecular formula is C13H13ClN2O2. The van der Waals surface area contributed by atoms with Crippen LogP contribution in [0.4, 0.5) is 11.4 Å². The Bertz CT molecular complexity index is 566. The van der Waals surface area contributed by atoms with Crippen LogP contribution < -0.4 is 10.6 Å². The molecule has 1 amide bonds. The van der Waals surface area contributed by atoms with Gasteiger partial charge in [-0.25, -0.2) is 0 Å². The molecule has 94 valence electrons. The van der Waals surface area contributed by atoms with Crippen LogP contribution in [0.1, 0.15) is 17.5 Å². The Balaban J connectivity index is 2.35. The molecule has 2 rings (SSSR count). The highest BCUT2D eigenvalue weighted by Gasteiger charge is 2.20. The summed E-state index contributed by atoms with van der Waals surface area (Å²) in [6.45, 7) is 2.36. The molecule has 5 heteroatoms. The minimum Gasteiger partial charge on any atom is -0.440 e. The zero-order valence-electron chi connectivity index (χ0n) is 9.89. The number of para-hydroxylation sites is 2. The predicted molar refractivity (Wildman–Crippen MR) is 71.9 cm³/mol. The van der Waals surface area contributed by atoms with Gasteiger partial charge in [0.15, 0.2) is 11.0 Å². The summed E-state index contributed by atoms with van der Waals surface area (Å²) in [6.07, 6.45) is 0. The first kappa shape index (κ1) is 12.5. The molecule has 4 nitrogen and oxygen atoms in total. The van der Waals surface area contributed by atoms with Gasteiger partial charge in [-0.05, 0) is 42.8 Å². The first-order valence-electron chi connectivity index (χ1n) is 5.55. The van der Waals surface area contributed by atoms with Crippen LogP contribution in [0.15, 0.2) is 40.8 Å². The number of hydrogen-bond donors (Lipinski definition) is 1. The summed E-state index contributed by atoms with van der Waals surface area (Å²) < 4.78 is 5.12. The van der Waals surface area contributed by atoms with Gasteiger partial charge in [-0.3, -0.25) is 4.79 Å². The molecule has 0 unspecified atom stereocenters. The number of hydrogen-bond acceptors (Lipinski definition) is 3. The Labute approximate surface area is 110 Å². The van der Waals surface area contributed by atoms with Crippen molar-refractivity contribution in [2.45, 2.75) is 6.92 Å². The van der Waals surface area contributed by atoms with Crippen molar-refractivity contribution in [3.8, 4) is 0 Å². The molecule has 0 atom stereocenters. The molecule has 0 spiro atoms. The van der Waals surface area contributed by atoms with Gasteiger partial charge in [-0.2, -0.15) is 0 Å². The largest absolute Gasteiger partial charge is 0.440 e. The number of nitrogens with zero attached hydrogens (tertiary/aromatic N) is 1. The van der Waals surface area contributed by atoms with Gasteiger partial charge in [0.2, 0.25) is 0 Å². The van der Waals surface area contributed by atoms with Gasteiger partial charge in [-0.1, -0.05) is 12.1 Å². The van der Waals surface area contributed by atoms with E-state index in [4.69, 9.17) is 21.8 Å². The van der Waals surface area contributed by atoms with Crippen molar-refractivity contribution in [3.05, 3.63) is 47.4 Å². The molecule has 1 heterocycles. The van der Waals surface area contributed by atoms with Crippen LogP contribution in [0.5, 0.6) is 0 Å². The summed E-state index contributed by atoms with van der Waals surface area (Å²) in [5.41, 5.74) is 7.08. The molecule has 0 radical (unpaired) electrons. The number of furan rings is 1. The van der Waals surface area contributed by atoms with E-state index in [0.29, 0.717) is 17.9 Å². The maximum atomic E-state index is 12.3. The number of amides is 1.